The average Bonchev–Trinajstić information content (AvgIpc) is 3.64. The summed E-state index contributed by atoms with van der Waals surface area (Å²) in [6, 6.07) is 12.7. The SMILES string of the molecule is Cc1cc(NC(=O)Nc2ccc(Oc3ccnc4cc(-c5ccc(CNCCOCCOCCN)cn5)sc34)c(F)c2)no1. The molecule has 0 saturated heterocycles. The van der Waals surface area contributed by atoms with E-state index in [4.69, 9.17) is 24.5 Å². The molecule has 0 fully saturated rings. The Kier molecular flexibility index (Phi) is 10.8. The van der Waals surface area contributed by atoms with Gasteiger partial charge in [0.25, 0.3) is 0 Å². The predicted molar refractivity (Wildman–Crippen MR) is 166 cm³/mol. The molecule has 5 N–H and O–H groups in total. The molecular weight excluding hydrogens is 589 g/mol. The highest BCUT2D eigenvalue weighted by Gasteiger charge is 2.15. The first-order valence-corrected chi connectivity index (χ1v) is 14.7. The number of carbonyl (C=O) groups excluding carboxylic acids is 1. The molecule has 5 rings (SSSR count). The molecule has 14 heteroatoms. The van der Waals surface area contributed by atoms with Gasteiger partial charge in [-0.15, -0.1) is 11.3 Å². The minimum atomic E-state index is -0.643. The summed E-state index contributed by atoms with van der Waals surface area (Å²) < 4.78 is 37.4. The summed E-state index contributed by atoms with van der Waals surface area (Å²) in [7, 11) is 0. The second-order valence-electron chi connectivity index (χ2n) is 9.53. The monoisotopic (exact) mass is 621 g/mol. The van der Waals surface area contributed by atoms with Gasteiger partial charge in [-0.1, -0.05) is 11.2 Å². The van der Waals surface area contributed by atoms with Crippen LogP contribution in [-0.4, -0.2) is 60.7 Å². The summed E-state index contributed by atoms with van der Waals surface area (Å²) in [4.78, 5) is 22.2. The van der Waals surface area contributed by atoms with E-state index in [1.807, 2.05) is 24.4 Å². The summed E-state index contributed by atoms with van der Waals surface area (Å²) in [5.74, 6) is 0.618. The number of rotatable bonds is 15. The van der Waals surface area contributed by atoms with Crippen molar-refractivity contribution in [1.82, 2.24) is 20.4 Å². The standard InChI is InChI=1S/C30H32FN7O5S/c1-19-14-28(38-43-19)37-30(39)36-21-3-5-25(22(31)15-21)42-26-6-8-34-24-16-27(44-29(24)26)23-4-2-20(18-35-23)17-33-9-11-41-13-12-40-10-7-32/h2-6,8,14-16,18,33H,7,9-13,17,32H2,1H3,(H2,36,37,38,39). The smallest absolute Gasteiger partial charge is 0.324 e. The summed E-state index contributed by atoms with van der Waals surface area (Å²) in [5.41, 5.74) is 8.17. The first-order valence-electron chi connectivity index (χ1n) is 13.9. The fraction of sp³-hybridized carbons (Fsp3) is 0.267. The van der Waals surface area contributed by atoms with Crippen molar-refractivity contribution in [2.75, 3.05) is 50.2 Å². The van der Waals surface area contributed by atoms with Crippen LogP contribution in [0.4, 0.5) is 20.7 Å². The van der Waals surface area contributed by atoms with Gasteiger partial charge in [0.15, 0.2) is 17.4 Å². The van der Waals surface area contributed by atoms with Gasteiger partial charge in [-0.25, -0.2) is 9.18 Å². The van der Waals surface area contributed by atoms with Gasteiger partial charge < -0.3 is 35.1 Å². The molecule has 230 valence electrons. The number of thiophene rings is 1. The Labute approximate surface area is 256 Å². The number of urea groups is 1. The van der Waals surface area contributed by atoms with Crippen LogP contribution in [0.5, 0.6) is 11.5 Å². The Morgan fingerprint density at radius 2 is 1.86 bits per heavy atom. The fourth-order valence-electron chi connectivity index (χ4n) is 4.06. The van der Waals surface area contributed by atoms with E-state index < -0.39 is 11.8 Å². The first-order chi connectivity index (χ1) is 21.5. The minimum absolute atomic E-state index is 0.00541. The second kappa shape index (κ2) is 15.3. The van der Waals surface area contributed by atoms with Crippen molar-refractivity contribution >= 4 is 39.1 Å². The molecule has 0 aliphatic heterocycles. The number of carbonyl (C=O) groups is 1. The number of nitrogens with two attached hydrogens (primary N) is 1. The average molecular weight is 622 g/mol. The quantitative estimate of drug-likeness (QED) is 0.113. The lowest BCUT2D eigenvalue weighted by Crippen LogP contribution is -2.20. The number of aromatic nitrogens is 3. The van der Waals surface area contributed by atoms with Crippen LogP contribution >= 0.6 is 11.3 Å². The van der Waals surface area contributed by atoms with Crippen LogP contribution in [0.15, 0.2) is 65.4 Å². The van der Waals surface area contributed by atoms with Crippen molar-refractivity contribution in [2.45, 2.75) is 13.5 Å². The van der Waals surface area contributed by atoms with Crippen molar-refractivity contribution < 1.29 is 27.9 Å². The number of hydrogen-bond acceptors (Lipinski definition) is 11. The molecule has 5 aromatic rings. The van der Waals surface area contributed by atoms with Gasteiger partial charge in [0.1, 0.15) is 11.5 Å². The third-order valence-electron chi connectivity index (χ3n) is 6.12. The van der Waals surface area contributed by atoms with Crippen LogP contribution in [-0.2, 0) is 16.0 Å². The lowest BCUT2D eigenvalue weighted by atomic mass is 10.2. The molecule has 2 amide bonds. The normalized spacial score (nSPS) is 11.2. The molecule has 44 heavy (non-hydrogen) atoms. The molecule has 12 nitrogen and oxygen atoms in total. The van der Waals surface area contributed by atoms with E-state index in [2.05, 4.69) is 31.1 Å². The van der Waals surface area contributed by atoms with Gasteiger partial charge in [-0.05, 0) is 36.8 Å². The number of halogens is 1. The third kappa shape index (κ3) is 8.55. The summed E-state index contributed by atoms with van der Waals surface area (Å²) in [6.07, 6.45) is 3.44. The van der Waals surface area contributed by atoms with Gasteiger partial charge in [-0.3, -0.25) is 15.3 Å². The Hall–Kier alpha value is -4.47. The maximum absolute atomic E-state index is 15.0. The Morgan fingerprint density at radius 3 is 2.61 bits per heavy atom. The molecule has 0 spiro atoms. The van der Waals surface area contributed by atoms with Crippen LogP contribution in [0.2, 0.25) is 0 Å². The van der Waals surface area contributed by atoms with Crippen LogP contribution in [0, 0.1) is 12.7 Å². The maximum Gasteiger partial charge on any atom is 0.324 e. The van der Waals surface area contributed by atoms with E-state index >= 15 is 0 Å². The molecular formula is C30H32FN7O5S. The lowest BCUT2D eigenvalue weighted by molar-refractivity contribution is 0.0518. The van der Waals surface area contributed by atoms with Crippen molar-refractivity contribution in [1.29, 1.82) is 0 Å². The summed E-state index contributed by atoms with van der Waals surface area (Å²) in [6.45, 7) is 5.80. The minimum Gasteiger partial charge on any atom is -0.453 e. The van der Waals surface area contributed by atoms with Crippen molar-refractivity contribution in [3.63, 3.8) is 0 Å². The first kappa shape index (κ1) is 31.0. The number of aryl methyl sites for hydroxylation is 1. The van der Waals surface area contributed by atoms with Crippen molar-refractivity contribution in [3.05, 3.63) is 78.1 Å². The Morgan fingerprint density at radius 1 is 1.00 bits per heavy atom. The van der Waals surface area contributed by atoms with Crippen LogP contribution in [0.25, 0.3) is 20.8 Å². The molecule has 0 unspecified atom stereocenters. The summed E-state index contributed by atoms with van der Waals surface area (Å²) in [5, 5.41) is 12.1. The number of nitrogens with zero attached hydrogens (tertiary/aromatic N) is 3. The predicted octanol–water partition coefficient (Wildman–Crippen LogP) is 5.31. The van der Waals surface area contributed by atoms with E-state index in [-0.39, 0.29) is 17.3 Å². The molecule has 0 radical (unpaired) electrons. The van der Waals surface area contributed by atoms with Crippen LogP contribution < -0.4 is 26.4 Å². The summed E-state index contributed by atoms with van der Waals surface area (Å²) >= 11 is 1.46. The Balaban J connectivity index is 1.16. The van der Waals surface area contributed by atoms with E-state index in [0.29, 0.717) is 63.1 Å². The number of amides is 2. The van der Waals surface area contributed by atoms with Gasteiger partial charge in [-0.2, -0.15) is 0 Å². The van der Waals surface area contributed by atoms with E-state index in [0.717, 1.165) is 20.8 Å². The molecule has 1 aromatic carbocycles. The molecule has 0 atom stereocenters. The van der Waals surface area contributed by atoms with Gasteiger partial charge >= 0.3 is 6.03 Å². The van der Waals surface area contributed by atoms with Crippen molar-refractivity contribution in [3.8, 4) is 22.1 Å². The maximum atomic E-state index is 15.0. The third-order valence-corrected chi connectivity index (χ3v) is 7.28. The molecule has 0 bridgehead atoms. The Bertz CT molecular complexity index is 1680. The van der Waals surface area contributed by atoms with Gasteiger partial charge in [0, 0.05) is 55.9 Å². The number of fused-ring (bicyclic) bond motifs is 1. The molecule has 4 aromatic heterocycles. The van der Waals surface area contributed by atoms with E-state index in [1.54, 1.807) is 25.3 Å². The molecule has 0 aliphatic carbocycles. The molecule has 0 saturated carbocycles. The van der Waals surface area contributed by atoms with Gasteiger partial charge in [0.05, 0.1) is 47.2 Å². The van der Waals surface area contributed by atoms with Crippen LogP contribution in [0.3, 0.4) is 0 Å². The number of hydrogen-bond donors (Lipinski definition) is 4. The topological polar surface area (TPSA) is 159 Å². The zero-order chi connectivity index (χ0) is 30.7. The number of nitrogens with one attached hydrogen (secondary N) is 3. The highest BCUT2D eigenvalue weighted by atomic mass is 32.1. The number of anilines is 2. The van der Waals surface area contributed by atoms with Crippen LogP contribution in [0.1, 0.15) is 11.3 Å². The number of ether oxygens (including phenoxy) is 3. The van der Waals surface area contributed by atoms with E-state index in [1.165, 1.54) is 29.5 Å². The molecule has 0 aliphatic rings. The lowest BCUT2D eigenvalue weighted by Gasteiger charge is -2.10. The zero-order valence-electron chi connectivity index (χ0n) is 24.0. The van der Waals surface area contributed by atoms with Gasteiger partial charge in [0.2, 0.25) is 0 Å². The largest absolute Gasteiger partial charge is 0.453 e. The number of pyridine rings is 2. The van der Waals surface area contributed by atoms with E-state index in [9.17, 15) is 9.18 Å². The second-order valence-corrected chi connectivity index (χ2v) is 10.6. The molecule has 4 heterocycles. The highest BCUT2D eigenvalue weighted by molar-refractivity contribution is 7.22. The zero-order valence-corrected chi connectivity index (χ0v) is 24.8. The highest BCUT2D eigenvalue weighted by Crippen LogP contribution is 2.39. The number of benzene rings is 1. The van der Waals surface area contributed by atoms with Crippen molar-refractivity contribution in [2.24, 2.45) is 5.73 Å². The fourth-order valence-corrected chi connectivity index (χ4v) is 5.10.